The topological polar surface area (TPSA) is 20.3 Å². The van der Waals surface area contributed by atoms with E-state index in [0.717, 1.165) is 6.42 Å². The molecule has 1 aromatic heterocycles. The zero-order valence-electron chi connectivity index (χ0n) is 9.50. The normalized spacial score (nSPS) is 15.3. The third-order valence-electron chi connectivity index (χ3n) is 2.99. The Morgan fingerprint density at radius 2 is 2.20 bits per heavy atom. The molecule has 0 amide bonds. The highest BCUT2D eigenvalue weighted by Crippen LogP contribution is 2.30. The Balaban J connectivity index is 3.08. The maximum absolute atomic E-state index is 12.3. The molecule has 0 saturated heterocycles. The van der Waals surface area contributed by atoms with Crippen LogP contribution in [0.4, 0.5) is 0 Å². The van der Waals surface area contributed by atoms with Crippen LogP contribution in [0.3, 0.4) is 0 Å². The summed E-state index contributed by atoms with van der Waals surface area (Å²) in [6.07, 6.45) is 0.771. The van der Waals surface area contributed by atoms with Crippen LogP contribution in [0.2, 0.25) is 5.02 Å². The van der Waals surface area contributed by atoms with Crippen molar-refractivity contribution in [2.75, 3.05) is 14.1 Å². The van der Waals surface area contributed by atoms with Crippen molar-refractivity contribution < 1.29 is 4.79 Å². The quantitative estimate of drug-likeness (QED) is 0.759. The van der Waals surface area contributed by atoms with E-state index < -0.39 is 5.54 Å². The monoisotopic (exact) mass is 245 g/mol. The highest BCUT2D eigenvalue weighted by molar-refractivity contribution is 7.12. The SMILES string of the molecule is CCC(C)(C(=O)c1sccc1Cl)N(C)C. The number of rotatable bonds is 4. The van der Waals surface area contributed by atoms with Crippen LogP contribution in [0, 0.1) is 0 Å². The Morgan fingerprint density at radius 1 is 1.60 bits per heavy atom. The molecule has 2 nitrogen and oxygen atoms in total. The number of hydrogen-bond acceptors (Lipinski definition) is 3. The van der Waals surface area contributed by atoms with Crippen molar-refractivity contribution in [3.05, 3.63) is 21.3 Å². The zero-order chi connectivity index (χ0) is 11.6. The van der Waals surface area contributed by atoms with Crippen molar-refractivity contribution in [1.29, 1.82) is 0 Å². The molecule has 0 spiro atoms. The van der Waals surface area contributed by atoms with Gasteiger partial charge in [0.2, 0.25) is 0 Å². The molecule has 4 heteroatoms. The molecule has 0 aliphatic rings. The molecule has 1 unspecified atom stereocenters. The van der Waals surface area contributed by atoms with Gasteiger partial charge in [-0.05, 0) is 38.9 Å². The largest absolute Gasteiger partial charge is 0.297 e. The van der Waals surface area contributed by atoms with Gasteiger partial charge in [0.25, 0.3) is 0 Å². The first-order valence-corrected chi connectivity index (χ1v) is 6.14. The van der Waals surface area contributed by atoms with E-state index in [2.05, 4.69) is 0 Å². The molecule has 1 atom stereocenters. The second-order valence-corrected chi connectivity index (χ2v) is 5.27. The van der Waals surface area contributed by atoms with E-state index in [4.69, 9.17) is 11.6 Å². The molecular formula is C11H16ClNOS. The van der Waals surface area contributed by atoms with Gasteiger partial charge in [0.15, 0.2) is 5.78 Å². The van der Waals surface area contributed by atoms with E-state index in [1.54, 1.807) is 6.07 Å². The van der Waals surface area contributed by atoms with Crippen molar-refractivity contribution in [2.45, 2.75) is 25.8 Å². The standard InChI is InChI=1S/C11H16ClNOS/c1-5-11(2,13(3)4)10(14)9-8(12)6-7-15-9/h6-7H,5H2,1-4H3. The lowest BCUT2D eigenvalue weighted by atomic mass is 9.91. The molecule has 1 heterocycles. The van der Waals surface area contributed by atoms with E-state index in [9.17, 15) is 4.79 Å². The van der Waals surface area contributed by atoms with Gasteiger partial charge < -0.3 is 0 Å². The van der Waals surface area contributed by atoms with E-state index in [1.807, 2.05) is 38.2 Å². The van der Waals surface area contributed by atoms with E-state index >= 15 is 0 Å². The number of ketones is 1. The number of carbonyl (C=O) groups excluding carboxylic acids is 1. The van der Waals surface area contributed by atoms with Crippen molar-refractivity contribution in [3.63, 3.8) is 0 Å². The fraction of sp³-hybridized carbons (Fsp3) is 0.545. The van der Waals surface area contributed by atoms with Gasteiger partial charge in [0, 0.05) is 0 Å². The molecule has 1 rings (SSSR count). The van der Waals surface area contributed by atoms with E-state index in [-0.39, 0.29) is 5.78 Å². The maximum Gasteiger partial charge on any atom is 0.194 e. The highest BCUT2D eigenvalue weighted by Gasteiger charge is 2.35. The van der Waals surface area contributed by atoms with Crippen LogP contribution in [0.25, 0.3) is 0 Å². The summed E-state index contributed by atoms with van der Waals surface area (Å²) in [6.45, 7) is 3.96. The molecule has 0 N–H and O–H groups in total. The highest BCUT2D eigenvalue weighted by atomic mass is 35.5. The number of likely N-dealkylation sites (N-methyl/N-ethyl adjacent to an activating group) is 1. The molecule has 84 valence electrons. The summed E-state index contributed by atoms with van der Waals surface area (Å²) in [5.41, 5.74) is -0.464. The molecular weight excluding hydrogens is 230 g/mol. The van der Waals surface area contributed by atoms with Crippen molar-refractivity contribution >= 4 is 28.7 Å². The summed E-state index contributed by atoms with van der Waals surface area (Å²) in [7, 11) is 3.84. The fourth-order valence-corrected chi connectivity index (χ4v) is 2.59. The molecule has 0 bridgehead atoms. The van der Waals surface area contributed by atoms with Gasteiger partial charge in [-0.15, -0.1) is 11.3 Å². The molecule has 0 aromatic carbocycles. The summed E-state index contributed by atoms with van der Waals surface area (Å²) in [5, 5.41) is 2.41. The molecule has 0 aliphatic heterocycles. The Labute approximate surface area is 99.9 Å². The van der Waals surface area contributed by atoms with Crippen LogP contribution in [0.5, 0.6) is 0 Å². The molecule has 15 heavy (non-hydrogen) atoms. The number of hydrogen-bond donors (Lipinski definition) is 0. The number of Topliss-reactive ketones (excluding diaryl/α,β-unsaturated/α-hetero) is 1. The average molecular weight is 246 g/mol. The van der Waals surface area contributed by atoms with Gasteiger partial charge in [0.1, 0.15) is 0 Å². The van der Waals surface area contributed by atoms with Crippen molar-refractivity contribution in [3.8, 4) is 0 Å². The van der Waals surface area contributed by atoms with Crippen LogP contribution in [-0.2, 0) is 0 Å². The lowest BCUT2D eigenvalue weighted by molar-refractivity contribution is 0.0715. The zero-order valence-corrected chi connectivity index (χ0v) is 11.1. The molecule has 0 saturated carbocycles. The van der Waals surface area contributed by atoms with Crippen LogP contribution >= 0.6 is 22.9 Å². The average Bonchev–Trinajstić information content (AvgIpc) is 2.61. The van der Waals surface area contributed by atoms with E-state index in [0.29, 0.717) is 9.90 Å². The molecule has 0 radical (unpaired) electrons. The van der Waals surface area contributed by atoms with Gasteiger partial charge in [-0.25, -0.2) is 0 Å². The number of nitrogens with zero attached hydrogens (tertiary/aromatic N) is 1. The van der Waals surface area contributed by atoms with Crippen LogP contribution in [0.15, 0.2) is 11.4 Å². The Morgan fingerprint density at radius 3 is 2.53 bits per heavy atom. The number of carbonyl (C=O) groups is 1. The van der Waals surface area contributed by atoms with Gasteiger partial charge >= 0.3 is 0 Å². The first-order valence-electron chi connectivity index (χ1n) is 4.88. The smallest absolute Gasteiger partial charge is 0.194 e. The summed E-state index contributed by atoms with van der Waals surface area (Å²) < 4.78 is 0. The summed E-state index contributed by atoms with van der Waals surface area (Å²) in [4.78, 5) is 14.9. The minimum Gasteiger partial charge on any atom is -0.297 e. The van der Waals surface area contributed by atoms with Gasteiger partial charge in [-0.1, -0.05) is 18.5 Å². The predicted octanol–water partition coefficient (Wildman–Crippen LogP) is 3.31. The minimum atomic E-state index is -0.464. The van der Waals surface area contributed by atoms with Gasteiger partial charge in [0.05, 0.1) is 15.4 Å². The second kappa shape index (κ2) is 4.64. The Bertz CT molecular complexity index is 361. The second-order valence-electron chi connectivity index (χ2n) is 3.95. The first-order chi connectivity index (χ1) is 6.93. The molecule has 0 fully saturated rings. The lowest BCUT2D eigenvalue weighted by Crippen LogP contribution is -2.47. The Kier molecular flexibility index (Phi) is 3.93. The Hall–Kier alpha value is -0.380. The predicted molar refractivity (Wildman–Crippen MR) is 66.0 cm³/mol. The fourth-order valence-electron chi connectivity index (χ4n) is 1.38. The number of halogens is 1. The van der Waals surface area contributed by atoms with Gasteiger partial charge in [-0.2, -0.15) is 0 Å². The number of thiophene rings is 1. The van der Waals surface area contributed by atoms with Crippen LogP contribution in [0.1, 0.15) is 29.9 Å². The lowest BCUT2D eigenvalue weighted by Gasteiger charge is -2.33. The third kappa shape index (κ3) is 2.25. The van der Waals surface area contributed by atoms with Crippen molar-refractivity contribution in [1.82, 2.24) is 4.90 Å². The summed E-state index contributed by atoms with van der Waals surface area (Å²) in [5.74, 6) is 0.106. The van der Waals surface area contributed by atoms with E-state index in [1.165, 1.54) is 11.3 Å². The summed E-state index contributed by atoms with van der Waals surface area (Å²) >= 11 is 7.38. The third-order valence-corrected chi connectivity index (χ3v) is 4.33. The van der Waals surface area contributed by atoms with Crippen LogP contribution in [-0.4, -0.2) is 30.3 Å². The van der Waals surface area contributed by atoms with Crippen molar-refractivity contribution in [2.24, 2.45) is 0 Å². The summed E-state index contributed by atoms with van der Waals surface area (Å²) in [6, 6.07) is 1.77. The minimum absolute atomic E-state index is 0.106. The maximum atomic E-state index is 12.3. The molecule has 0 aliphatic carbocycles. The van der Waals surface area contributed by atoms with Gasteiger partial charge in [-0.3, -0.25) is 9.69 Å². The molecule has 1 aromatic rings. The first kappa shape index (κ1) is 12.7. The van der Waals surface area contributed by atoms with Crippen LogP contribution < -0.4 is 0 Å².